The Morgan fingerprint density at radius 2 is 2.24 bits per heavy atom. The summed E-state index contributed by atoms with van der Waals surface area (Å²) in [4.78, 5) is 12.0. The number of ether oxygens (including phenoxy) is 1. The highest BCUT2D eigenvalue weighted by molar-refractivity contribution is 5.92. The topological polar surface area (TPSA) is 67.0 Å². The Bertz CT molecular complexity index is 609. The average molecular weight is 285 g/mol. The first-order chi connectivity index (χ1) is 10.2. The van der Waals surface area contributed by atoms with E-state index in [-0.39, 0.29) is 12.0 Å². The Balaban J connectivity index is 1.61. The van der Waals surface area contributed by atoms with Crippen LogP contribution in [0.4, 0.5) is 0 Å². The van der Waals surface area contributed by atoms with Gasteiger partial charge in [-0.15, -0.1) is 0 Å². The monoisotopic (exact) mass is 285 g/mol. The highest BCUT2D eigenvalue weighted by atomic mass is 16.5. The highest BCUT2D eigenvalue weighted by Gasteiger charge is 2.29. The predicted molar refractivity (Wildman–Crippen MR) is 78.9 cm³/mol. The second kappa shape index (κ2) is 6.10. The third kappa shape index (κ3) is 3.13. The van der Waals surface area contributed by atoms with Crippen LogP contribution in [-0.4, -0.2) is 29.3 Å². The van der Waals surface area contributed by atoms with E-state index in [0.29, 0.717) is 18.2 Å². The van der Waals surface area contributed by atoms with Gasteiger partial charge in [-0.05, 0) is 25.0 Å². The Hall–Kier alpha value is -2.14. The number of hydrogen-bond donors (Lipinski definition) is 2. The number of aromatic amines is 1. The van der Waals surface area contributed by atoms with Gasteiger partial charge in [-0.25, -0.2) is 0 Å². The lowest BCUT2D eigenvalue weighted by Crippen LogP contribution is -2.30. The number of hydrogen-bond acceptors (Lipinski definition) is 3. The first-order valence-electron chi connectivity index (χ1n) is 7.21. The zero-order valence-corrected chi connectivity index (χ0v) is 12.0. The summed E-state index contributed by atoms with van der Waals surface area (Å²) >= 11 is 0. The molecule has 1 aromatic heterocycles. The van der Waals surface area contributed by atoms with Gasteiger partial charge in [-0.2, -0.15) is 5.10 Å². The molecule has 1 saturated heterocycles. The van der Waals surface area contributed by atoms with Gasteiger partial charge in [0.25, 0.3) is 5.91 Å². The molecule has 21 heavy (non-hydrogen) atoms. The number of aromatic nitrogens is 2. The van der Waals surface area contributed by atoms with E-state index in [0.717, 1.165) is 18.7 Å². The van der Waals surface area contributed by atoms with Crippen molar-refractivity contribution in [2.45, 2.75) is 19.4 Å². The molecular formula is C16H19N3O2. The smallest absolute Gasteiger partial charge is 0.271 e. The van der Waals surface area contributed by atoms with Gasteiger partial charge in [0, 0.05) is 24.8 Å². The third-order valence-corrected chi connectivity index (χ3v) is 3.81. The Kier molecular flexibility index (Phi) is 4.01. The summed E-state index contributed by atoms with van der Waals surface area (Å²) in [6.07, 6.45) is 1.02. The molecule has 3 rings (SSSR count). The van der Waals surface area contributed by atoms with Crippen LogP contribution in [-0.2, 0) is 4.74 Å². The highest BCUT2D eigenvalue weighted by Crippen LogP contribution is 2.33. The summed E-state index contributed by atoms with van der Waals surface area (Å²) in [7, 11) is 0. The number of carbonyl (C=O) groups excluding carboxylic acids is 1. The number of benzene rings is 1. The molecule has 5 heteroatoms. The molecule has 0 radical (unpaired) electrons. The van der Waals surface area contributed by atoms with Gasteiger partial charge in [-0.3, -0.25) is 9.89 Å². The van der Waals surface area contributed by atoms with E-state index in [1.807, 2.05) is 25.1 Å². The molecule has 2 N–H and O–H groups in total. The lowest BCUT2D eigenvalue weighted by atomic mass is 9.95. The van der Waals surface area contributed by atoms with Crippen molar-refractivity contribution in [1.82, 2.24) is 15.5 Å². The van der Waals surface area contributed by atoms with Gasteiger partial charge >= 0.3 is 0 Å². The minimum atomic E-state index is -0.141. The van der Waals surface area contributed by atoms with Crippen LogP contribution in [0.5, 0.6) is 0 Å². The first-order valence-corrected chi connectivity index (χ1v) is 7.21. The summed E-state index contributed by atoms with van der Waals surface area (Å²) in [5, 5.41) is 9.70. The Morgan fingerprint density at radius 3 is 2.95 bits per heavy atom. The van der Waals surface area contributed by atoms with Crippen molar-refractivity contribution in [2.75, 3.05) is 13.2 Å². The molecular weight excluding hydrogens is 266 g/mol. The van der Waals surface area contributed by atoms with Crippen molar-refractivity contribution < 1.29 is 9.53 Å². The van der Waals surface area contributed by atoms with Crippen molar-refractivity contribution in [2.24, 2.45) is 5.92 Å². The molecule has 1 aliphatic rings. The van der Waals surface area contributed by atoms with Crippen molar-refractivity contribution in [3.05, 3.63) is 53.3 Å². The van der Waals surface area contributed by atoms with E-state index >= 15 is 0 Å². The largest absolute Gasteiger partial charge is 0.373 e. The van der Waals surface area contributed by atoms with E-state index in [1.165, 1.54) is 5.56 Å². The summed E-state index contributed by atoms with van der Waals surface area (Å²) in [6.45, 7) is 3.21. The van der Waals surface area contributed by atoms with Crippen LogP contribution in [0.1, 0.15) is 34.3 Å². The van der Waals surface area contributed by atoms with Crippen LogP contribution < -0.4 is 5.32 Å². The number of carbonyl (C=O) groups is 1. The van der Waals surface area contributed by atoms with E-state index in [9.17, 15) is 4.79 Å². The first kappa shape index (κ1) is 13.8. The molecule has 0 aliphatic carbocycles. The van der Waals surface area contributed by atoms with Crippen LogP contribution in [0.25, 0.3) is 0 Å². The van der Waals surface area contributed by atoms with Gasteiger partial charge < -0.3 is 10.1 Å². The quantitative estimate of drug-likeness (QED) is 0.905. The van der Waals surface area contributed by atoms with Crippen molar-refractivity contribution in [3.63, 3.8) is 0 Å². The van der Waals surface area contributed by atoms with Gasteiger partial charge in [0.2, 0.25) is 0 Å². The molecule has 1 aromatic carbocycles. The molecule has 1 aliphatic heterocycles. The normalized spacial score (nSPS) is 21.4. The molecule has 0 saturated carbocycles. The van der Waals surface area contributed by atoms with Crippen molar-refractivity contribution in [3.8, 4) is 0 Å². The van der Waals surface area contributed by atoms with Crippen LogP contribution in [0.15, 0.2) is 36.4 Å². The molecule has 2 aromatic rings. The number of nitrogens with one attached hydrogen (secondary N) is 2. The fourth-order valence-electron chi connectivity index (χ4n) is 2.70. The lowest BCUT2D eigenvalue weighted by molar-refractivity contribution is 0.0844. The van der Waals surface area contributed by atoms with Crippen LogP contribution in [0.2, 0.25) is 0 Å². The van der Waals surface area contributed by atoms with E-state index in [1.54, 1.807) is 6.07 Å². The lowest BCUT2D eigenvalue weighted by Gasteiger charge is -2.19. The van der Waals surface area contributed by atoms with Crippen LogP contribution in [0.3, 0.4) is 0 Å². The zero-order valence-electron chi connectivity index (χ0n) is 12.0. The summed E-state index contributed by atoms with van der Waals surface area (Å²) in [6, 6.07) is 11.9. The zero-order chi connectivity index (χ0) is 14.7. The molecule has 0 bridgehead atoms. The number of nitrogens with zero attached hydrogens (tertiary/aromatic N) is 1. The van der Waals surface area contributed by atoms with Gasteiger partial charge in [0.15, 0.2) is 0 Å². The maximum atomic E-state index is 12.0. The van der Waals surface area contributed by atoms with Gasteiger partial charge in [0.05, 0.1) is 6.10 Å². The fourth-order valence-corrected chi connectivity index (χ4v) is 2.70. The number of amides is 1. The Morgan fingerprint density at radius 1 is 1.43 bits per heavy atom. The summed E-state index contributed by atoms with van der Waals surface area (Å²) in [5.74, 6) is 0.162. The Labute approximate surface area is 123 Å². The van der Waals surface area contributed by atoms with Crippen molar-refractivity contribution >= 4 is 5.91 Å². The van der Waals surface area contributed by atoms with E-state index in [4.69, 9.17) is 4.74 Å². The molecule has 5 nitrogen and oxygen atoms in total. The molecule has 2 atom stereocenters. The summed E-state index contributed by atoms with van der Waals surface area (Å²) in [5.41, 5.74) is 2.49. The van der Waals surface area contributed by atoms with Crippen LogP contribution >= 0.6 is 0 Å². The third-order valence-electron chi connectivity index (χ3n) is 3.81. The van der Waals surface area contributed by atoms with Crippen molar-refractivity contribution in [1.29, 1.82) is 0 Å². The molecule has 110 valence electrons. The second-order valence-electron chi connectivity index (χ2n) is 5.40. The standard InChI is InChI=1S/C16H19N3O2/c1-11-9-14(19-18-11)16(20)17-10-13-7-8-21-15(13)12-5-3-2-4-6-12/h2-6,9,13,15H,7-8,10H2,1H3,(H,17,20)(H,18,19)/t13-,15-/m1/s1. The van der Waals surface area contributed by atoms with Crippen LogP contribution in [0, 0.1) is 12.8 Å². The average Bonchev–Trinajstić information content (AvgIpc) is 3.14. The number of aryl methyl sites for hydroxylation is 1. The molecule has 1 amide bonds. The molecule has 1 fully saturated rings. The van der Waals surface area contributed by atoms with Gasteiger partial charge in [-0.1, -0.05) is 30.3 Å². The predicted octanol–water partition coefficient (Wildman–Crippen LogP) is 2.23. The maximum Gasteiger partial charge on any atom is 0.271 e. The summed E-state index contributed by atoms with van der Waals surface area (Å²) < 4.78 is 5.82. The van der Waals surface area contributed by atoms with E-state index in [2.05, 4.69) is 27.6 Å². The molecule has 0 unspecified atom stereocenters. The minimum Gasteiger partial charge on any atom is -0.373 e. The fraction of sp³-hybridized carbons (Fsp3) is 0.375. The SMILES string of the molecule is Cc1cc(C(=O)NC[C@H]2CCO[C@@H]2c2ccccc2)n[nH]1. The van der Waals surface area contributed by atoms with E-state index < -0.39 is 0 Å². The minimum absolute atomic E-state index is 0.0624. The number of rotatable bonds is 4. The van der Waals surface area contributed by atoms with Gasteiger partial charge in [0.1, 0.15) is 5.69 Å². The molecule has 2 heterocycles. The number of H-pyrrole nitrogens is 1. The molecule has 0 spiro atoms. The second-order valence-corrected chi connectivity index (χ2v) is 5.40. The maximum absolute atomic E-state index is 12.0.